The maximum absolute atomic E-state index is 12.9. The lowest BCUT2D eigenvalue weighted by Gasteiger charge is -2.22. The molecule has 98 valence electrons. The van der Waals surface area contributed by atoms with Gasteiger partial charge in [0.05, 0.1) is 0 Å². The quantitative estimate of drug-likeness (QED) is 0.866. The Morgan fingerprint density at radius 3 is 2.72 bits per heavy atom. The number of carbonyl (C=O) groups excluding carboxylic acids is 1. The van der Waals surface area contributed by atoms with Crippen molar-refractivity contribution in [3.63, 3.8) is 0 Å². The Labute approximate surface area is 107 Å². The Hall–Kier alpha value is -1.42. The predicted octanol–water partition coefficient (Wildman–Crippen LogP) is 2.73. The van der Waals surface area contributed by atoms with Crippen molar-refractivity contribution in [3.8, 4) is 0 Å². The van der Waals surface area contributed by atoms with Crippen molar-refractivity contribution in [1.29, 1.82) is 0 Å². The van der Waals surface area contributed by atoms with Gasteiger partial charge in [0.2, 0.25) is 5.91 Å². The predicted molar refractivity (Wildman–Crippen MR) is 69.8 cm³/mol. The average Bonchev–Trinajstić information content (AvgIpc) is 2.69. The first-order valence-corrected chi connectivity index (χ1v) is 6.33. The Morgan fingerprint density at radius 2 is 2.11 bits per heavy atom. The maximum Gasteiger partial charge on any atom is 0.226 e. The largest absolute Gasteiger partial charge is 0.326 e. The molecule has 0 atom stereocenters. The monoisotopic (exact) mass is 250 g/mol. The molecule has 1 aliphatic carbocycles. The smallest absolute Gasteiger partial charge is 0.226 e. The van der Waals surface area contributed by atoms with Gasteiger partial charge < -0.3 is 11.1 Å². The van der Waals surface area contributed by atoms with E-state index in [1.807, 2.05) is 0 Å². The molecule has 1 saturated carbocycles. The Kier molecular flexibility index (Phi) is 3.66. The minimum absolute atomic E-state index is 0.0888. The second-order valence-electron chi connectivity index (χ2n) is 5.25. The third-order valence-electron chi connectivity index (χ3n) is 3.57. The van der Waals surface area contributed by atoms with E-state index in [1.165, 1.54) is 12.1 Å². The zero-order valence-electron chi connectivity index (χ0n) is 10.6. The summed E-state index contributed by atoms with van der Waals surface area (Å²) in [6.07, 6.45) is 4.34. The van der Waals surface area contributed by atoms with E-state index in [0.717, 1.165) is 31.2 Å². The van der Waals surface area contributed by atoms with Crippen LogP contribution in [-0.4, -0.2) is 11.4 Å². The van der Waals surface area contributed by atoms with Crippen LogP contribution in [-0.2, 0) is 4.79 Å². The number of halogens is 1. The maximum atomic E-state index is 12.9. The van der Waals surface area contributed by atoms with Gasteiger partial charge in [0.25, 0.3) is 0 Å². The van der Waals surface area contributed by atoms with Crippen LogP contribution in [0.15, 0.2) is 18.2 Å². The highest BCUT2D eigenvalue weighted by Gasteiger charge is 2.31. The number of anilines is 1. The van der Waals surface area contributed by atoms with Crippen LogP contribution in [0.2, 0.25) is 0 Å². The van der Waals surface area contributed by atoms with E-state index in [1.54, 1.807) is 13.0 Å². The molecular weight excluding hydrogens is 231 g/mol. The van der Waals surface area contributed by atoms with Gasteiger partial charge in [0, 0.05) is 17.6 Å². The molecule has 0 radical (unpaired) electrons. The standard InChI is InChI=1S/C14H19FN2O/c1-10-8-11(15)4-5-12(10)17-13(18)9-14(16)6-2-3-7-14/h4-5,8H,2-3,6-7,9,16H2,1H3,(H,17,18). The molecule has 3 N–H and O–H groups in total. The molecule has 4 heteroatoms. The van der Waals surface area contributed by atoms with Gasteiger partial charge >= 0.3 is 0 Å². The molecule has 1 aromatic rings. The number of amides is 1. The number of carbonyl (C=O) groups is 1. The third-order valence-corrected chi connectivity index (χ3v) is 3.57. The second kappa shape index (κ2) is 5.06. The van der Waals surface area contributed by atoms with E-state index in [-0.39, 0.29) is 17.3 Å². The van der Waals surface area contributed by atoms with Crippen molar-refractivity contribution in [2.75, 3.05) is 5.32 Å². The van der Waals surface area contributed by atoms with Gasteiger partial charge in [0.1, 0.15) is 5.82 Å². The summed E-state index contributed by atoms with van der Waals surface area (Å²) < 4.78 is 12.9. The molecular formula is C14H19FN2O. The van der Waals surface area contributed by atoms with E-state index in [0.29, 0.717) is 12.1 Å². The third kappa shape index (κ3) is 3.07. The molecule has 0 heterocycles. The van der Waals surface area contributed by atoms with E-state index < -0.39 is 0 Å². The fraction of sp³-hybridized carbons (Fsp3) is 0.500. The first kappa shape index (κ1) is 13.0. The molecule has 0 bridgehead atoms. The number of benzene rings is 1. The molecule has 18 heavy (non-hydrogen) atoms. The van der Waals surface area contributed by atoms with Gasteiger partial charge in [-0.1, -0.05) is 12.8 Å². The lowest BCUT2D eigenvalue weighted by molar-refractivity contribution is -0.117. The van der Waals surface area contributed by atoms with Crippen LogP contribution in [0.4, 0.5) is 10.1 Å². The zero-order valence-corrected chi connectivity index (χ0v) is 10.6. The van der Waals surface area contributed by atoms with Crippen molar-refractivity contribution < 1.29 is 9.18 Å². The normalized spacial score (nSPS) is 17.7. The second-order valence-corrected chi connectivity index (χ2v) is 5.25. The topological polar surface area (TPSA) is 55.1 Å². The molecule has 3 nitrogen and oxygen atoms in total. The van der Waals surface area contributed by atoms with E-state index in [9.17, 15) is 9.18 Å². The van der Waals surface area contributed by atoms with Crippen LogP contribution >= 0.6 is 0 Å². The summed E-state index contributed by atoms with van der Waals surface area (Å²) >= 11 is 0. The molecule has 1 amide bonds. The van der Waals surface area contributed by atoms with Crippen molar-refractivity contribution >= 4 is 11.6 Å². The van der Waals surface area contributed by atoms with Crippen molar-refractivity contribution in [2.45, 2.75) is 44.6 Å². The highest BCUT2D eigenvalue weighted by atomic mass is 19.1. The van der Waals surface area contributed by atoms with Crippen molar-refractivity contribution in [2.24, 2.45) is 5.73 Å². The summed E-state index contributed by atoms with van der Waals surface area (Å²) in [5.74, 6) is -0.384. The lowest BCUT2D eigenvalue weighted by Crippen LogP contribution is -2.40. The van der Waals surface area contributed by atoms with Crippen molar-refractivity contribution in [1.82, 2.24) is 0 Å². The SMILES string of the molecule is Cc1cc(F)ccc1NC(=O)CC1(N)CCCC1. The van der Waals surface area contributed by atoms with Gasteiger partial charge in [-0.3, -0.25) is 4.79 Å². The number of hydrogen-bond donors (Lipinski definition) is 2. The fourth-order valence-corrected chi connectivity index (χ4v) is 2.54. The zero-order chi connectivity index (χ0) is 13.2. The highest BCUT2D eigenvalue weighted by molar-refractivity contribution is 5.92. The van der Waals surface area contributed by atoms with Gasteiger partial charge in [-0.15, -0.1) is 0 Å². The summed E-state index contributed by atoms with van der Waals surface area (Å²) in [6.45, 7) is 1.77. The number of nitrogens with one attached hydrogen (secondary N) is 1. The molecule has 1 aromatic carbocycles. The van der Waals surface area contributed by atoms with Gasteiger partial charge in [0.15, 0.2) is 0 Å². The Bertz CT molecular complexity index is 453. The van der Waals surface area contributed by atoms with Crippen LogP contribution < -0.4 is 11.1 Å². The minimum atomic E-state index is -0.349. The van der Waals surface area contributed by atoms with E-state index in [4.69, 9.17) is 5.73 Å². The average molecular weight is 250 g/mol. The lowest BCUT2D eigenvalue weighted by atomic mass is 9.94. The molecule has 0 saturated heterocycles. The first-order valence-electron chi connectivity index (χ1n) is 6.33. The van der Waals surface area contributed by atoms with Crippen LogP contribution in [0.5, 0.6) is 0 Å². The van der Waals surface area contributed by atoms with Crippen LogP contribution in [0.25, 0.3) is 0 Å². The van der Waals surface area contributed by atoms with Crippen LogP contribution in [0, 0.1) is 12.7 Å². The van der Waals surface area contributed by atoms with Crippen LogP contribution in [0.3, 0.4) is 0 Å². The summed E-state index contributed by atoms with van der Waals surface area (Å²) in [5, 5.41) is 2.80. The Morgan fingerprint density at radius 1 is 1.44 bits per heavy atom. The van der Waals surface area contributed by atoms with Crippen molar-refractivity contribution in [3.05, 3.63) is 29.6 Å². The molecule has 0 spiro atoms. The van der Waals surface area contributed by atoms with Gasteiger partial charge in [-0.05, 0) is 43.5 Å². The number of hydrogen-bond acceptors (Lipinski definition) is 2. The number of rotatable bonds is 3. The van der Waals surface area contributed by atoms with E-state index >= 15 is 0 Å². The molecule has 1 aliphatic rings. The van der Waals surface area contributed by atoms with Gasteiger partial charge in [-0.2, -0.15) is 0 Å². The summed E-state index contributed by atoms with van der Waals surface area (Å²) in [7, 11) is 0. The van der Waals surface area contributed by atoms with Crippen LogP contribution in [0.1, 0.15) is 37.7 Å². The molecule has 0 unspecified atom stereocenters. The van der Waals surface area contributed by atoms with E-state index in [2.05, 4.69) is 5.32 Å². The van der Waals surface area contributed by atoms with Gasteiger partial charge in [-0.25, -0.2) is 4.39 Å². The summed E-state index contributed by atoms with van der Waals surface area (Å²) in [4.78, 5) is 11.9. The fourth-order valence-electron chi connectivity index (χ4n) is 2.54. The first-order chi connectivity index (χ1) is 8.48. The molecule has 0 aromatic heterocycles. The number of nitrogens with two attached hydrogens (primary N) is 1. The molecule has 0 aliphatic heterocycles. The highest BCUT2D eigenvalue weighted by Crippen LogP contribution is 2.30. The molecule has 2 rings (SSSR count). The number of aryl methyl sites for hydroxylation is 1. The summed E-state index contributed by atoms with van der Waals surface area (Å²) in [6, 6.07) is 4.33. The summed E-state index contributed by atoms with van der Waals surface area (Å²) in [5.41, 5.74) is 7.18. The minimum Gasteiger partial charge on any atom is -0.326 e. The Balaban J connectivity index is 1.98. The molecule has 1 fully saturated rings.